The zero-order valence-corrected chi connectivity index (χ0v) is 41.9. The molecule has 8 nitrogen and oxygen atoms in total. The fourth-order valence-corrected chi connectivity index (χ4v) is 9.39. The first-order chi connectivity index (χ1) is 31.3. The van der Waals surface area contributed by atoms with Crippen molar-refractivity contribution in [2.75, 3.05) is 25.9 Å². The smallest absolute Gasteiger partial charge is 0.329 e. The second-order valence-electron chi connectivity index (χ2n) is 18.5. The molecule has 0 saturated carbocycles. The third kappa shape index (κ3) is 34.8. The summed E-state index contributed by atoms with van der Waals surface area (Å²) < 4.78 is 30.3. The van der Waals surface area contributed by atoms with Gasteiger partial charge in [-0.1, -0.05) is 254 Å². The number of esters is 2. The van der Waals surface area contributed by atoms with E-state index in [1.54, 1.807) is 0 Å². The zero-order valence-electron chi connectivity index (χ0n) is 41.0. The van der Waals surface area contributed by atoms with Crippen LogP contribution in [0.1, 0.15) is 230 Å². The molecule has 2 aromatic carbocycles. The van der Waals surface area contributed by atoms with Gasteiger partial charge in [0.1, 0.15) is 6.61 Å². The molecule has 0 aromatic heterocycles. The summed E-state index contributed by atoms with van der Waals surface area (Å²) in [6, 6.07) is 20.1. The summed E-state index contributed by atoms with van der Waals surface area (Å²) in [5, 5.41) is 0. The van der Waals surface area contributed by atoms with E-state index >= 15 is 0 Å². The van der Waals surface area contributed by atoms with Gasteiger partial charge >= 0.3 is 19.5 Å². The molecule has 0 saturated heterocycles. The molecule has 2 rings (SSSR count). The topological polar surface area (TPSA) is 102 Å². The molecule has 2 aromatic rings. The Morgan fingerprint density at radius 3 is 1.22 bits per heavy atom. The van der Waals surface area contributed by atoms with Crippen LogP contribution in [-0.2, 0) is 41.2 Å². The average molecular weight is 912 g/mol. The molecule has 0 aliphatic heterocycles. The molecule has 1 unspecified atom stereocenters. The Bertz CT molecular complexity index is 1370. The summed E-state index contributed by atoms with van der Waals surface area (Å²) in [5.74, 6) is -0.741. The van der Waals surface area contributed by atoms with Gasteiger partial charge in [-0.2, -0.15) is 0 Å². The zero-order chi connectivity index (χ0) is 46.0. The van der Waals surface area contributed by atoms with Crippen molar-refractivity contribution in [3.8, 4) is 0 Å². The fraction of sp³-hybridized carbons (Fsp3) is 0.745. The van der Waals surface area contributed by atoms with Gasteiger partial charge in [0.15, 0.2) is 6.10 Å². The predicted molar refractivity (Wildman–Crippen MR) is 268 cm³/mol. The van der Waals surface area contributed by atoms with Crippen LogP contribution in [0.3, 0.4) is 0 Å². The summed E-state index contributed by atoms with van der Waals surface area (Å²) in [6.45, 7) is 5.58. The van der Waals surface area contributed by atoms with Crippen LogP contribution in [0.15, 0.2) is 60.7 Å². The lowest BCUT2D eigenvalue weighted by molar-refractivity contribution is -0.161. The Hall–Kier alpha value is -2.51. The van der Waals surface area contributed by atoms with Gasteiger partial charge < -0.3 is 18.9 Å². The van der Waals surface area contributed by atoms with Gasteiger partial charge in [-0.05, 0) is 24.0 Å². The summed E-state index contributed by atoms with van der Waals surface area (Å²) in [5.41, 5.74) is 2.22. The summed E-state index contributed by atoms with van der Waals surface area (Å²) >= 11 is 0. The summed E-state index contributed by atoms with van der Waals surface area (Å²) in [7, 11) is -4.07. The van der Waals surface area contributed by atoms with Crippen LogP contribution < -0.4 is 0 Å². The van der Waals surface area contributed by atoms with Gasteiger partial charge in [-0.3, -0.25) is 19.1 Å². The van der Waals surface area contributed by atoms with Crippen molar-refractivity contribution in [2.45, 2.75) is 239 Å². The highest BCUT2D eigenvalue weighted by Gasteiger charge is 2.26. The van der Waals surface area contributed by atoms with E-state index < -0.39 is 19.7 Å². The number of carbonyl (C=O) groups is 2. The van der Waals surface area contributed by atoms with Crippen LogP contribution >= 0.6 is 7.60 Å². The molecule has 64 heavy (non-hydrogen) atoms. The van der Waals surface area contributed by atoms with E-state index in [-0.39, 0.29) is 31.8 Å². The van der Waals surface area contributed by atoms with Gasteiger partial charge in [-0.15, -0.1) is 0 Å². The molecule has 0 fully saturated rings. The highest BCUT2D eigenvalue weighted by molar-refractivity contribution is 7.52. The van der Waals surface area contributed by atoms with E-state index in [0.717, 1.165) is 49.7 Å². The Balaban J connectivity index is 1.75. The highest BCUT2D eigenvalue weighted by Crippen LogP contribution is 2.42. The summed E-state index contributed by atoms with van der Waals surface area (Å²) in [6.07, 6.45) is 37.0. The Labute approximate surface area is 392 Å². The van der Waals surface area contributed by atoms with Crippen LogP contribution in [0.2, 0.25) is 0 Å². The van der Waals surface area contributed by atoms with Gasteiger partial charge in [0.05, 0.1) is 12.8 Å². The SMILES string of the molecule is CCCCCCCCCCCCCCCCCC(=O)OC[C@@H](COP(=O)(O)CCN(Cc1ccccc1)Cc1ccccc1)OC(=O)CCCCCCCCCCCCCCCCC. The van der Waals surface area contributed by atoms with Crippen molar-refractivity contribution in [1.29, 1.82) is 0 Å². The van der Waals surface area contributed by atoms with Gasteiger partial charge in [-0.25, -0.2) is 0 Å². The maximum Gasteiger partial charge on any atom is 0.329 e. The fourth-order valence-electron chi connectivity index (χ4n) is 8.33. The molecule has 0 heterocycles. The molecular weight excluding hydrogens is 818 g/mol. The largest absolute Gasteiger partial charge is 0.462 e. The maximum atomic E-state index is 13.4. The first-order valence-corrected chi connectivity index (χ1v) is 28.2. The normalized spacial score (nSPS) is 12.9. The number of hydrogen-bond acceptors (Lipinski definition) is 7. The molecule has 0 spiro atoms. The first kappa shape index (κ1) is 57.6. The molecule has 9 heteroatoms. The lowest BCUT2D eigenvalue weighted by atomic mass is 10.0. The number of nitrogens with zero attached hydrogens (tertiary/aromatic N) is 1. The monoisotopic (exact) mass is 912 g/mol. The maximum absolute atomic E-state index is 13.4. The molecule has 366 valence electrons. The van der Waals surface area contributed by atoms with Gasteiger partial charge in [0.25, 0.3) is 0 Å². The minimum atomic E-state index is -4.07. The van der Waals surface area contributed by atoms with E-state index in [9.17, 15) is 19.0 Å². The molecular formula is C55H94NO7P. The van der Waals surface area contributed by atoms with E-state index in [1.807, 2.05) is 60.7 Å². The molecule has 0 aliphatic carbocycles. The predicted octanol–water partition coefficient (Wildman–Crippen LogP) is 15.9. The van der Waals surface area contributed by atoms with Crippen LogP contribution in [0.4, 0.5) is 0 Å². The minimum Gasteiger partial charge on any atom is -0.462 e. The van der Waals surface area contributed by atoms with Crippen molar-refractivity contribution in [1.82, 2.24) is 4.90 Å². The van der Waals surface area contributed by atoms with Crippen molar-refractivity contribution in [3.63, 3.8) is 0 Å². The molecule has 0 amide bonds. The first-order valence-electron chi connectivity index (χ1n) is 26.4. The van der Waals surface area contributed by atoms with Crippen LogP contribution in [0.5, 0.6) is 0 Å². The quantitative estimate of drug-likeness (QED) is 0.0398. The minimum absolute atomic E-state index is 0.0918. The second kappa shape index (κ2) is 40.7. The second-order valence-corrected chi connectivity index (χ2v) is 20.5. The highest BCUT2D eigenvalue weighted by atomic mass is 31.2. The van der Waals surface area contributed by atoms with E-state index in [2.05, 4.69) is 18.7 Å². The van der Waals surface area contributed by atoms with Crippen molar-refractivity contribution < 1.29 is 33.0 Å². The van der Waals surface area contributed by atoms with Crippen molar-refractivity contribution in [3.05, 3.63) is 71.8 Å². The molecule has 2 atom stereocenters. The summed E-state index contributed by atoms with van der Waals surface area (Å²) in [4.78, 5) is 38.9. The van der Waals surface area contributed by atoms with Gasteiger partial charge in [0.2, 0.25) is 0 Å². The van der Waals surface area contributed by atoms with E-state index in [0.29, 0.717) is 26.1 Å². The third-order valence-electron chi connectivity index (χ3n) is 12.4. The lowest BCUT2D eigenvalue weighted by Gasteiger charge is -2.25. The van der Waals surface area contributed by atoms with Crippen LogP contribution in [0.25, 0.3) is 0 Å². The Morgan fingerprint density at radius 1 is 0.500 bits per heavy atom. The average Bonchev–Trinajstić information content (AvgIpc) is 3.29. The van der Waals surface area contributed by atoms with Gasteiger partial charge in [0, 0.05) is 32.5 Å². The number of ether oxygens (including phenoxy) is 2. The van der Waals surface area contributed by atoms with Crippen molar-refractivity contribution >= 4 is 19.5 Å². The third-order valence-corrected chi connectivity index (χ3v) is 13.7. The number of carbonyl (C=O) groups excluding carboxylic acids is 2. The lowest BCUT2D eigenvalue weighted by Crippen LogP contribution is -2.30. The number of benzene rings is 2. The van der Waals surface area contributed by atoms with E-state index in [4.69, 9.17) is 14.0 Å². The molecule has 0 radical (unpaired) electrons. The number of rotatable bonds is 45. The number of unbranched alkanes of at least 4 members (excludes halogenated alkanes) is 28. The van der Waals surface area contributed by atoms with Crippen LogP contribution in [-0.4, -0.2) is 53.8 Å². The Kier molecular flexibility index (Phi) is 36.7. The van der Waals surface area contributed by atoms with Crippen LogP contribution in [0, 0.1) is 0 Å². The molecule has 1 N–H and O–H groups in total. The molecule has 0 bridgehead atoms. The standard InChI is InChI=1S/C55H94NO7P/c1-3-5-7-9-11-13-15-17-19-21-23-25-27-29-37-43-54(57)61-49-53(63-55(58)44-38-30-28-26-24-22-20-18-16-14-12-10-8-6-4-2)50-62-64(59,60)46-45-56(47-51-39-33-31-34-40-51)48-52-41-35-32-36-42-52/h31-36,39-42,53H,3-30,37-38,43-50H2,1-2H3,(H,59,60)/t53-/m0/s1. The number of hydrogen-bond donors (Lipinski definition) is 1. The Morgan fingerprint density at radius 2 is 0.844 bits per heavy atom. The van der Waals surface area contributed by atoms with E-state index in [1.165, 1.54) is 154 Å². The van der Waals surface area contributed by atoms with Crippen molar-refractivity contribution in [2.24, 2.45) is 0 Å². The molecule has 0 aliphatic rings.